The Hall–Kier alpha value is -1.91. The summed E-state index contributed by atoms with van der Waals surface area (Å²) in [6.07, 6.45) is 0. The number of carbonyl (C=O) groups is 1. The van der Waals surface area contributed by atoms with Gasteiger partial charge in [0.25, 0.3) is 0 Å². The van der Waals surface area contributed by atoms with E-state index in [2.05, 4.69) is 5.11 Å². The van der Waals surface area contributed by atoms with Crippen LogP contribution in [0.4, 0.5) is 11.4 Å². The molecule has 0 aromatic heterocycles. The maximum absolute atomic E-state index is 10.4. The number of benzene rings is 1. The van der Waals surface area contributed by atoms with Gasteiger partial charge in [-0.2, -0.15) is 5.11 Å². The topological polar surface area (TPSA) is 99.5 Å². The summed E-state index contributed by atoms with van der Waals surface area (Å²) in [6, 6.07) is 4.04. The van der Waals surface area contributed by atoms with Crippen molar-refractivity contribution in [3.05, 3.63) is 23.8 Å². The molecule has 12 heavy (non-hydrogen) atoms. The molecule has 4 N–H and O–H groups in total. The van der Waals surface area contributed by atoms with Gasteiger partial charge in [-0.3, -0.25) is 0 Å². The molecule has 0 saturated heterocycles. The number of carboxylic acid groups (broad SMARTS) is 1. The number of nitrogens with one attached hydrogen (secondary N) is 1. The second-order valence-corrected chi connectivity index (χ2v) is 2.19. The van der Waals surface area contributed by atoms with Crippen molar-refractivity contribution in [2.75, 3.05) is 5.73 Å². The van der Waals surface area contributed by atoms with E-state index in [1.54, 1.807) is 0 Å². The molecule has 0 radical (unpaired) electrons. The van der Waals surface area contributed by atoms with Crippen LogP contribution in [-0.4, -0.2) is 11.1 Å². The highest BCUT2D eigenvalue weighted by Crippen LogP contribution is 2.22. The third kappa shape index (κ3) is 1.39. The number of carboxylic acids is 1. The molecule has 0 heterocycles. The quantitative estimate of drug-likeness (QED) is 0.458. The van der Waals surface area contributed by atoms with Gasteiger partial charge < -0.3 is 10.8 Å². The van der Waals surface area contributed by atoms with E-state index in [1.807, 2.05) is 0 Å². The highest BCUT2D eigenvalue weighted by atomic mass is 16.4. The first kappa shape index (κ1) is 8.19. The molecule has 1 aromatic carbocycles. The Morgan fingerprint density at radius 2 is 2.25 bits per heavy atom. The predicted octanol–water partition coefficient (Wildman–Crippen LogP) is 1.63. The van der Waals surface area contributed by atoms with Crippen LogP contribution in [0.5, 0.6) is 0 Å². The number of hydrogen-bond donors (Lipinski definition) is 3. The molecule has 0 aliphatic heterocycles. The Morgan fingerprint density at radius 1 is 1.58 bits per heavy atom. The fourth-order valence-electron chi connectivity index (χ4n) is 0.774. The lowest BCUT2D eigenvalue weighted by molar-refractivity contribution is 0.0697. The van der Waals surface area contributed by atoms with E-state index in [0.717, 1.165) is 0 Å². The van der Waals surface area contributed by atoms with E-state index in [4.69, 9.17) is 16.4 Å². The van der Waals surface area contributed by atoms with E-state index in [0.29, 0.717) is 5.69 Å². The molecule has 0 saturated carbocycles. The third-order valence-corrected chi connectivity index (χ3v) is 1.40. The zero-order chi connectivity index (χ0) is 9.14. The lowest BCUT2D eigenvalue weighted by Crippen LogP contribution is -1.96. The molecule has 0 aliphatic carbocycles. The summed E-state index contributed by atoms with van der Waals surface area (Å²) in [5, 5.41) is 11.6. The van der Waals surface area contributed by atoms with Crippen molar-refractivity contribution >= 4 is 17.3 Å². The van der Waals surface area contributed by atoms with Gasteiger partial charge in [-0.15, -0.1) is 0 Å². The summed E-state index contributed by atoms with van der Waals surface area (Å²) in [7, 11) is 0. The predicted molar refractivity (Wildman–Crippen MR) is 42.6 cm³/mol. The second kappa shape index (κ2) is 3.00. The standard InChI is InChI=1S/C7H7N3O2/c8-5-2-1-4(7(11)12)3-6(5)10-9/h1-3,9H,8H2,(H,11,12). The van der Waals surface area contributed by atoms with Gasteiger partial charge in [0.15, 0.2) is 0 Å². The number of nitrogens with two attached hydrogens (primary N) is 1. The smallest absolute Gasteiger partial charge is 0.335 e. The maximum atomic E-state index is 10.4. The first-order valence-electron chi connectivity index (χ1n) is 3.15. The zero-order valence-corrected chi connectivity index (χ0v) is 6.11. The van der Waals surface area contributed by atoms with Gasteiger partial charge in [0, 0.05) is 0 Å². The molecule has 0 spiro atoms. The van der Waals surface area contributed by atoms with Crippen LogP contribution < -0.4 is 5.73 Å². The number of rotatable bonds is 2. The largest absolute Gasteiger partial charge is 0.478 e. The Kier molecular flexibility index (Phi) is 2.05. The molecule has 0 amide bonds. The fourth-order valence-corrected chi connectivity index (χ4v) is 0.774. The van der Waals surface area contributed by atoms with Crippen molar-refractivity contribution in [2.45, 2.75) is 0 Å². The number of nitrogens with zero attached hydrogens (tertiary/aromatic N) is 1. The van der Waals surface area contributed by atoms with E-state index >= 15 is 0 Å². The first-order valence-corrected chi connectivity index (χ1v) is 3.15. The first-order chi connectivity index (χ1) is 5.65. The van der Waals surface area contributed by atoms with Crippen LogP contribution in [0.25, 0.3) is 0 Å². The normalized spacial score (nSPS) is 9.33. The molecule has 1 rings (SSSR count). The van der Waals surface area contributed by atoms with Crippen molar-refractivity contribution in [3.63, 3.8) is 0 Å². The molecular formula is C7H7N3O2. The van der Waals surface area contributed by atoms with Crippen molar-refractivity contribution < 1.29 is 9.90 Å². The van der Waals surface area contributed by atoms with Gasteiger partial charge in [0.2, 0.25) is 0 Å². The summed E-state index contributed by atoms with van der Waals surface area (Å²) in [6.45, 7) is 0. The van der Waals surface area contributed by atoms with Crippen molar-refractivity contribution in [2.24, 2.45) is 5.11 Å². The minimum absolute atomic E-state index is 0.0789. The monoisotopic (exact) mass is 165 g/mol. The fraction of sp³-hybridized carbons (Fsp3) is 0. The van der Waals surface area contributed by atoms with Gasteiger partial charge in [-0.25, -0.2) is 10.3 Å². The zero-order valence-electron chi connectivity index (χ0n) is 6.11. The SMILES string of the molecule is N=Nc1cc(C(=O)O)ccc1N. The molecule has 0 unspecified atom stereocenters. The van der Waals surface area contributed by atoms with E-state index in [-0.39, 0.29) is 11.3 Å². The molecule has 0 bridgehead atoms. The van der Waals surface area contributed by atoms with Crippen LogP contribution in [0, 0.1) is 5.53 Å². The average Bonchev–Trinajstić information content (AvgIpc) is 2.05. The maximum Gasteiger partial charge on any atom is 0.335 e. The molecular weight excluding hydrogens is 158 g/mol. The molecule has 1 aromatic rings. The lowest BCUT2D eigenvalue weighted by Gasteiger charge is -1.98. The summed E-state index contributed by atoms with van der Waals surface area (Å²) in [5.41, 5.74) is 12.6. The Bertz CT molecular complexity index is 335. The molecule has 5 nitrogen and oxygen atoms in total. The van der Waals surface area contributed by atoms with Crippen LogP contribution >= 0.6 is 0 Å². The Morgan fingerprint density at radius 3 is 2.75 bits per heavy atom. The third-order valence-electron chi connectivity index (χ3n) is 1.40. The van der Waals surface area contributed by atoms with Crippen LogP contribution in [0.1, 0.15) is 10.4 Å². The second-order valence-electron chi connectivity index (χ2n) is 2.19. The summed E-state index contributed by atoms with van der Waals surface area (Å²) < 4.78 is 0. The highest BCUT2D eigenvalue weighted by Gasteiger charge is 2.05. The Balaban J connectivity index is 3.22. The minimum atomic E-state index is -1.06. The lowest BCUT2D eigenvalue weighted by atomic mass is 10.2. The highest BCUT2D eigenvalue weighted by molar-refractivity contribution is 5.89. The van der Waals surface area contributed by atoms with Crippen molar-refractivity contribution in [1.29, 1.82) is 5.53 Å². The summed E-state index contributed by atoms with van der Waals surface area (Å²) >= 11 is 0. The molecule has 5 heteroatoms. The van der Waals surface area contributed by atoms with E-state index in [1.165, 1.54) is 18.2 Å². The van der Waals surface area contributed by atoms with Gasteiger partial charge in [0.1, 0.15) is 5.69 Å². The molecule has 0 fully saturated rings. The summed E-state index contributed by atoms with van der Waals surface area (Å²) in [5.74, 6) is -1.06. The van der Waals surface area contributed by atoms with Gasteiger partial charge >= 0.3 is 5.97 Å². The van der Waals surface area contributed by atoms with Crippen LogP contribution in [0.3, 0.4) is 0 Å². The van der Waals surface area contributed by atoms with Crippen molar-refractivity contribution in [3.8, 4) is 0 Å². The number of hydrogen-bond acceptors (Lipinski definition) is 4. The van der Waals surface area contributed by atoms with Crippen molar-refractivity contribution in [1.82, 2.24) is 0 Å². The molecule has 0 atom stereocenters. The van der Waals surface area contributed by atoms with Crippen LogP contribution in [0.2, 0.25) is 0 Å². The van der Waals surface area contributed by atoms with E-state index in [9.17, 15) is 4.79 Å². The van der Waals surface area contributed by atoms with Crippen LogP contribution in [-0.2, 0) is 0 Å². The average molecular weight is 165 g/mol. The van der Waals surface area contributed by atoms with E-state index < -0.39 is 5.97 Å². The Labute approximate surface area is 68.3 Å². The van der Waals surface area contributed by atoms with Gasteiger partial charge in [-0.05, 0) is 18.2 Å². The number of anilines is 1. The number of aromatic carboxylic acids is 1. The molecule has 0 aliphatic rings. The molecule has 62 valence electrons. The van der Waals surface area contributed by atoms with Gasteiger partial charge in [0.05, 0.1) is 11.3 Å². The van der Waals surface area contributed by atoms with Crippen LogP contribution in [0.15, 0.2) is 23.3 Å². The van der Waals surface area contributed by atoms with Gasteiger partial charge in [-0.1, -0.05) is 0 Å². The minimum Gasteiger partial charge on any atom is -0.478 e. The summed E-state index contributed by atoms with van der Waals surface area (Å²) in [4.78, 5) is 10.4. The number of nitrogen functional groups attached to an aromatic ring is 1.